The fourth-order valence-corrected chi connectivity index (χ4v) is 5.01. The van der Waals surface area contributed by atoms with Gasteiger partial charge in [0.2, 0.25) is 5.91 Å². The highest BCUT2D eigenvalue weighted by atomic mass is 35.5. The minimum absolute atomic E-state index is 0.193. The summed E-state index contributed by atoms with van der Waals surface area (Å²) in [4.78, 5) is 20.1. The van der Waals surface area contributed by atoms with Gasteiger partial charge < -0.3 is 20.6 Å². The average Bonchev–Trinajstić information content (AvgIpc) is 3.35. The van der Waals surface area contributed by atoms with Gasteiger partial charge in [0, 0.05) is 36.5 Å². The van der Waals surface area contributed by atoms with Crippen molar-refractivity contribution in [1.82, 2.24) is 15.5 Å². The number of aliphatic imine (C=N–C) groups is 1. The van der Waals surface area contributed by atoms with E-state index in [4.69, 9.17) is 11.6 Å². The molecule has 2 fully saturated rings. The number of thiophene rings is 1. The summed E-state index contributed by atoms with van der Waals surface area (Å²) in [5.41, 5.74) is 0. The smallest absolute Gasteiger partial charge is 0.225 e. The van der Waals surface area contributed by atoms with Crippen LogP contribution in [0.25, 0.3) is 0 Å². The van der Waals surface area contributed by atoms with E-state index in [1.807, 2.05) is 17.9 Å². The quantitative estimate of drug-likeness (QED) is 0.482. The molecule has 1 saturated heterocycles. The highest BCUT2D eigenvalue weighted by Crippen LogP contribution is 2.28. The Kier molecular flexibility index (Phi) is 8.00. The molecular weight excluding hydrogens is 396 g/mol. The molecule has 1 aliphatic heterocycles. The van der Waals surface area contributed by atoms with Gasteiger partial charge >= 0.3 is 0 Å². The normalized spacial score (nSPS) is 22.3. The summed E-state index contributed by atoms with van der Waals surface area (Å²) in [7, 11) is 0. The van der Waals surface area contributed by atoms with Crippen LogP contribution in [0.4, 0.5) is 0 Å². The number of amides is 1. The van der Waals surface area contributed by atoms with E-state index in [9.17, 15) is 9.90 Å². The predicted octanol–water partition coefficient (Wildman–Crippen LogP) is 3.17. The highest BCUT2D eigenvalue weighted by Gasteiger charge is 2.31. The molecule has 28 heavy (non-hydrogen) atoms. The van der Waals surface area contributed by atoms with Gasteiger partial charge in [-0.15, -0.1) is 11.3 Å². The topological polar surface area (TPSA) is 77.0 Å². The maximum Gasteiger partial charge on any atom is 0.225 e. The van der Waals surface area contributed by atoms with Gasteiger partial charge in [-0.1, -0.05) is 30.9 Å². The molecule has 2 unspecified atom stereocenters. The molecule has 0 spiro atoms. The van der Waals surface area contributed by atoms with Crippen LogP contribution in [-0.4, -0.2) is 54.1 Å². The van der Waals surface area contributed by atoms with Crippen molar-refractivity contribution in [2.45, 2.75) is 57.6 Å². The molecule has 2 heterocycles. The first kappa shape index (κ1) is 21.4. The molecule has 1 aromatic heterocycles. The summed E-state index contributed by atoms with van der Waals surface area (Å²) in [6, 6.07) is 3.81. The third-order valence-corrected chi connectivity index (χ3v) is 6.82. The number of nitrogens with one attached hydrogen (secondary N) is 2. The van der Waals surface area contributed by atoms with Crippen LogP contribution < -0.4 is 10.6 Å². The molecule has 1 aromatic rings. The molecule has 1 saturated carbocycles. The first-order chi connectivity index (χ1) is 13.6. The molecule has 156 valence electrons. The van der Waals surface area contributed by atoms with Crippen molar-refractivity contribution < 1.29 is 9.90 Å². The molecule has 1 aliphatic carbocycles. The summed E-state index contributed by atoms with van der Waals surface area (Å²) < 4.78 is 0.664. The Labute approximate surface area is 176 Å². The molecule has 8 heteroatoms. The van der Waals surface area contributed by atoms with Crippen LogP contribution in [-0.2, 0) is 4.79 Å². The van der Waals surface area contributed by atoms with Crippen LogP contribution in [0.3, 0.4) is 0 Å². The van der Waals surface area contributed by atoms with Crippen LogP contribution in [0.15, 0.2) is 17.1 Å². The largest absolute Gasteiger partial charge is 0.386 e. The minimum Gasteiger partial charge on any atom is -0.386 e. The van der Waals surface area contributed by atoms with Crippen molar-refractivity contribution in [3.63, 3.8) is 0 Å². The van der Waals surface area contributed by atoms with Gasteiger partial charge in [-0.05, 0) is 38.3 Å². The average molecular weight is 427 g/mol. The number of aliphatic hydroxyl groups excluding tert-OH is 1. The van der Waals surface area contributed by atoms with Gasteiger partial charge in [-0.25, -0.2) is 0 Å². The third kappa shape index (κ3) is 5.84. The summed E-state index contributed by atoms with van der Waals surface area (Å²) in [5.74, 6) is 1.24. The Morgan fingerprint density at radius 3 is 2.82 bits per heavy atom. The molecule has 0 radical (unpaired) electrons. The first-order valence-corrected chi connectivity index (χ1v) is 11.5. The van der Waals surface area contributed by atoms with E-state index < -0.39 is 6.10 Å². The van der Waals surface area contributed by atoms with Crippen molar-refractivity contribution in [1.29, 1.82) is 0 Å². The minimum atomic E-state index is -0.666. The Bertz CT molecular complexity index is 675. The molecule has 0 bridgehead atoms. The Hall–Kier alpha value is -1.31. The van der Waals surface area contributed by atoms with E-state index in [1.165, 1.54) is 30.6 Å². The zero-order valence-corrected chi connectivity index (χ0v) is 18.1. The first-order valence-electron chi connectivity index (χ1n) is 10.3. The number of carbonyl (C=O) groups excluding carboxylic acids is 1. The van der Waals surface area contributed by atoms with E-state index >= 15 is 0 Å². The van der Waals surface area contributed by atoms with Gasteiger partial charge in [0.25, 0.3) is 0 Å². The molecule has 3 rings (SSSR count). The third-order valence-electron chi connectivity index (χ3n) is 5.48. The van der Waals surface area contributed by atoms with Gasteiger partial charge in [0.15, 0.2) is 5.96 Å². The van der Waals surface area contributed by atoms with Crippen LogP contribution in [0, 0.1) is 5.92 Å². The van der Waals surface area contributed by atoms with Crippen LogP contribution >= 0.6 is 22.9 Å². The highest BCUT2D eigenvalue weighted by molar-refractivity contribution is 7.16. The van der Waals surface area contributed by atoms with Crippen LogP contribution in [0.1, 0.15) is 56.4 Å². The maximum atomic E-state index is 12.7. The molecule has 2 atom stereocenters. The second kappa shape index (κ2) is 10.5. The summed E-state index contributed by atoms with van der Waals surface area (Å²) >= 11 is 7.31. The monoisotopic (exact) mass is 426 g/mol. The number of hydrogen-bond donors (Lipinski definition) is 3. The van der Waals surface area contributed by atoms with Crippen LogP contribution in [0.5, 0.6) is 0 Å². The molecule has 0 aromatic carbocycles. The zero-order valence-electron chi connectivity index (χ0n) is 16.5. The summed E-state index contributed by atoms with van der Waals surface area (Å²) in [5, 5.41) is 17.0. The Morgan fingerprint density at radius 1 is 1.36 bits per heavy atom. The number of carbonyl (C=O) groups is 1. The van der Waals surface area contributed by atoms with E-state index in [1.54, 1.807) is 6.07 Å². The van der Waals surface area contributed by atoms with E-state index in [0.29, 0.717) is 16.2 Å². The lowest BCUT2D eigenvalue weighted by atomic mass is 9.88. The number of aliphatic hydroxyl groups is 1. The lowest BCUT2D eigenvalue weighted by molar-refractivity contribution is -0.135. The number of guanidine groups is 1. The fourth-order valence-electron chi connectivity index (χ4n) is 3.97. The zero-order chi connectivity index (χ0) is 19.9. The van der Waals surface area contributed by atoms with Crippen molar-refractivity contribution in [3.05, 3.63) is 21.3 Å². The van der Waals surface area contributed by atoms with Crippen molar-refractivity contribution in [2.24, 2.45) is 10.9 Å². The van der Waals surface area contributed by atoms with Gasteiger partial charge in [-0.3, -0.25) is 9.79 Å². The molecule has 2 aliphatic rings. The lowest BCUT2D eigenvalue weighted by Crippen LogP contribution is -2.45. The second-order valence-corrected chi connectivity index (χ2v) is 9.37. The maximum absolute atomic E-state index is 12.7. The molecular formula is C20H31ClN4O2S. The molecule has 3 N–H and O–H groups in total. The number of hydrogen-bond acceptors (Lipinski definition) is 4. The number of nitrogens with zero attached hydrogens (tertiary/aromatic N) is 2. The fraction of sp³-hybridized carbons (Fsp3) is 0.700. The summed E-state index contributed by atoms with van der Waals surface area (Å²) in [6.07, 6.45) is 5.97. The van der Waals surface area contributed by atoms with Gasteiger partial charge in [0.1, 0.15) is 6.10 Å². The van der Waals surface area contributed by atoms with Gasteiger partial charge in [-0.2, -0.15) is 0 Å². The SMILES string of the molecule is CCNC(=NCC(O)c1ccc(Cl)s1)NC1CCN(C(=O)C2CCCCC2)C1. The van der Waals surface area contributed by atoms with Crippen molar-refractivity contribution in [2.75, 3.05) is 26.2 Å². The van der Waals surface area contributed by atoms with Crippen LogP contribution in [0.2, 0.25) is 4.34 Å². The van der Waals surface area contributed by atoms with E-state index in [0.717, 1.165) is 43.8 Å². The summed E-state index contributed by atoms with van der Waals surface area (Å²) in [6.45, 7) is 4.56. The van der Waals surface area contributed by atoms with Gasteiger partial charge in [0.05, 0.1) is 10.9 Å². The number of likely N-dealkylation sites (tertiary alicyclic amines) is 1. The molecule has 1 amide bonds. The Balaban J connectivity index is 1.51. The van der Waals surface area contributed by atoms with E-state index in [2.05, 4.69) is 15.6 Å². The molecule has 6 nitrogen and oxygen atoms in total. The lowest BCUT2D eigenvalue weighted by Gasteiger charge is -2.26. The van der Waals surface area contributed by atoms with E-state index in [-0.39, 0.29) is 18.5 Å². The van der Waals surface area contributed by atoms with Crippen molar-refractivity contribution >= 4 is 34.8 Å². The second-order valence-electron chi connectivity index (χ2n) is 7.63. The predicted molar refractivity (Wildman–Crippen MR) is 115 cm³/mol. The number of rotatable bonds is 6. The van der Waals surface area contributed by atoms with Crippen molar-refractivity contribution in [3.8, 4) is 0 Å². The standard InChI is InChI=1S/C20H31ClN4O2S/c1-2-22-20(23-12-16(26)17-8-9-18(21)28-17)24-15-10-11-25(13-15)19(27)14-6-4-3-5-7-14/h8-9,14-16,26H,2-7,10-13H2,1H3,(H2,22,23,24). The Morgan fingerprint density at radius 2 is 2.14 bits per heavy atom. The number of halogens is 1.